The Morgan fingerprint density at radius 1 is 1.12 bits per heavy atom. The van der Waals surface area contributed by atoms with E-state index in [2.05, 4.69) is 18.7 Å². The largest absolute Gasteiger partial charge is 0.340 e. The zero-order valence-corrected chi connectivity index (χ0v) is 11.2. The van der Waals surface area contributed by atoms with Crippen molar-refractivity contribution in [2.75, 3.05) is 6.54 Å². The van der Waals surface area contributed by atoms with Crippen LogP contribution in [0.1, 0.15) is 52.4 Å². The molecule has 0 aromatic carbocycles. The van der Waals surface area contributed by atoms with Gasteiger partial charge in [-0.1, -0.05) is 13.3 Å². The van der Waals surface area contributed by atoms with E-state index in [1.54, 1.807) is 0 Å². The Morgan fingerprint density at radius 2 is 1.88 bits per heavy atom. The maximum atomic E-state index is 12.6. The number of amides is 1. The number of nitrogens with zero attached hydrogens (tertiary/aromatic N) is 1. The van der Waals surface area contributed by atoms with Crippen LogP contribution in [0.2, 0.25) is 0 Å². The van der Waals surface area contributed by atoms with Crippen molar-refractivity contribution in [3.8, 4) is 0 Å². The molecule has 2 rings (SSSR count). The molecule has 0 aromatic heterocycles. The summed E-state index contributed by atoms with van der Waals surface area (Å²) in [6, 6.07) is 0.652. The van der Waals surface area contributed by atoms with Gasteiger partial charge in [0.1, 0.15) is 0 Å². The van der Waals surface area contributed by atoms with Gasteiger partial charge in [0.15, 0.2) is 0 Å². The Labute approximate surface area is 105 Å². The average Bonchev–Trinajstić information content (AvgIpc) is 2.32. The first-order chi connectivity index (χ1) is 8.11. The second-order valence-corrected chi connectivity index (χ2v) is 5.94. The molecule has 2 aliphatic rings. The molecule has 0 bridgehead atoms. The Hall–Kier alpha value is -0.570. The normalized spacial score (nSPS) is 39.1. The van der Waals surface area contributed by atoms with Crippen molar-refractivity contribution in [1.29, 1.82) is 0 Å². The van der Waals surface area contributed by atoms with Gasteiger partial charge in [0.05, 0.1) is 0 Å². The first-order valence-corrected chi connectivity index (χ1v) is 7.17. The molecule has 0 spiro atoms. The van der Waals surface area contributed by atoms with Gasteiger partial charge in [0.2, 0.25) is 5.91 Å². The molecule has 98 valence electrons. The van der Waals surface area contributed by atoms with Crippen molar-refractivity contribution in [2.24, 2.45) is 17.6 Å². The molecule has 1 heterocycles. The highest BCUT2D eigenvalue weighted by Gasteiger charge is 2.36. The minimum atomic E-state index is 0.180. The summed E-state index contributed by atoms with van der Waals surface area (Å²) in [4.78, 5) is 14.7. The van der Waals surface area contributed by atoms with E-state index < -0.39 is 0 Å². The summed E-state index contributed by atoms with van der Waals surface area (Å²) in [7, 11) is 0. The third-order valence-electron chi connectivity index (χ3n) is 4.77. The van der Waals surface area contributed by atoms with E-state index in [1.807, 2.05) is 0 Å². The number of rotatable bonds is 1. The monoisotopic (exact) mass is 238 g/mol. The highest BCUT2D eigenvalue weighted by molar-refractivity contribution is 5.79. The minimum absolute atomic E-state index is 0.180. The molecule has 2 N–H and O–H groups in total. The highest BCUT2D eigenvalue weighted by Crippen LogP contribution is 2.32. The van der Waals surface area contributed by atoms with Crippen molar-refractivity contribution >= 4 is 5.91 Å². The lowest BCUT2D eigenvalue weighted by Gasteiger charge is -2.40. The number of hydrogen-bond donors (Lipinski definition) is 1. The summed E-state index contributed by atoms with van der Waals surface area (Å²) in [6.07, 6.45) is 6.84. The van der Waals surface area contributed by atoms with Gasteiger partial charge in [-0.2, -0.15) is 0 Å². The molecule has 1 saturated carbocycles. The molecule has 1 amide bonds. The Balaban J connectivity index is 2.02. The first-order valence-electron chi connectivity index (χ1n) is 7.17. The van der Waals surface area contributed by atoms with E-state index in [1.165, 1.54) is 19.3 Å². The van der Waals surface area contributed by atoms with Crippen LogP contribution in [0.15, 0.2) is 0 Å². The van der Waals surface area contributed by atoms with Crippen molar-refractivity contribution in [2.45, 2.75) is 64.5 Å². The molecule has 1 aliphatic carbocycles. The number of nitrogens with two attached hydrogens (primary N) is 1. The van der Waals surface area contributed by atoms with Gasteiger partial charge in [0.25, 0.3) is 0 Å². The topological polar surface area (TPSA) is 46.3 Å². The van der Waals surface area contributed by atoms with Crippen LogP contribution >= 0.6 is 0 Å². The average molecular weight is 238 g/mol. The standard InChI is InChI=1S/C14H26N2O/c1-10-6-3-4-9-16(10)14(17)12-7-5-8-13(15)11(12)2/h10-13H,3-9,15H2,1-2H3. The number of hydrogen-bond acceptors (Lipinski definition) is 2. The molecule has 1 saturated heterocycles. The second kappa shape index (κ2) is 5.38. The van der Waals surface area contributed by atoms with Crippen LogP contribution in [0.4, 0.5) is 0 Å². The highest BCUT2D eigenvalue weighted by atomic mass is 16.2. The summed E-state index contributed by atoms with van der Waals surface area (Å²) >= 11 is 0. The fourth-order valence-corrected chi connectivity index (χ4v) is 3.38. The van der Waals surface area contributed by atoms with E-state index in [0.717, 1.165) is 25.8 Å². The summed E-state index contributed by atoms with van der Waals surface area (Å²) in [5.74, 6) is 0.907. The number of carbonyl (C=O) groups is 1. The predicted molar refractivity (Wildman–Crippen MR) is 69.5 cm³/mol. The predicted octanol–water partition coefficient (Wildman–Crippen LogP) is 2.15. The number of carbonyl (C=O) groups excluding carboxylic acids is 1. The van der Waals surface area contributed by atoms with Gasteiger partial charge in [-0.3, -0.25) is 4.79 Å². The van der Waals surface area contributed by atoms with E-state index in [0.29, 0.717) is 17.9 Å². The van der Waals surface area contributed by atoms with Crippen LogP contribution in [0, 0.1) is 11.8 Å². The molecule has 3 nitrogen and oxygen atoms in total. The quantitative estimate of drug-likeness (QED) is 0.761. The Bertz CT molecular complexity index is 279. The van der Waals surface area contributed by atoms with Gasteiger partial charge >= 0.3 is 0 Å². The third-order valence-corrected chi connectivity index (χ3v) is 4.77. The SMILES string of the molecule is CC1C(N)CCCC1C(=O)N1CCCCC1C. The molecule has 0 radical (unpaired) electrons. The lowest BCUT2D eigenvalue weighted by molar-refractivity contribution is -0.142. The van der Waals surface area contributed by atoms with Crippen LogP contribution in [0.5, 0.6) is 0 Å². The maximum absolute atomic E-state index is 12.6. The minimum Gasteiger partial charge on any atom is -0.340 e. The maximum Gasteiger partial charge on any atom is 0.226 e. The Morgan fingerprint density at radius 3 is 2.59 bits per heavy atom. The van der Waals surface area contributed by atoms with Crippen LogP contribution in [-0.2, 0) is 4.79 Å². The van der Waals surface area contributed by atoms with E-state index in [9.17, 15) is 4.79 Å². The number of piperidine rings is 1. The van der Waals surface area contributed by atoms with Crippen molar-refractivity contribution in [3.05, 3.63) is 0 Å². The van der Waals surface area contributed by atoms with Crippen molar-refractivity contribution in [3.63, 3.8) is 0 Å². The molecule has 4 unspecified atom stereocenters. The lowest BCUT2D eigenvalue weighted by Crippen LogP contribution is -2.50. The molecule has 2 fully saturated rings. The molecule has 17 heavy (non-hydrogen) atoms. The summed E-state index contributed by atoms with van der Waals surface area (Å²) in [5.41, 5.74) is 6.10. The summed E-state index contributed by atoms with van der Waals surface area (Å²) in [6.45, 7) is 5.30. The lowest BCUT2D eigenvalue weighted by atomic mass is 9.76. The van der Waals surface area contributed by atoms with Gasteiger partial charge in [0, 0.05) is 24.5 Å². The molecule has 4 atom stereocenters. The number of likely N-dealkylation sites (tertiary alicyclic amines) is 1. The van der Waals surface area contributed by atoms with Crippen molar-refractivity contribution in [1.82, 2.24) is 4.90 Å². The van der Waals surface area contributed by atoms with Gasteiger partial charge < -0.3 is 10.6 Å². The molecule has 0 aromatic rings. The van der Waals surface area contributed by atoms with E-state index >= 15 is 0 Å². The molecular weight excluding hydrogens is 212 g/mol. The van der Waals surface area contributed by atoms with Crippen molar-refractivity contribution < 1.29 is 4.79 Å². The smallest absolute Gasteiger partial charge is 0.226 e. The van der Waals surface area contributed by atoms with Gasteiger partial charge in [-0.25, -0.2) is 0 Å². The summed E-state index contributed by atoms with van der Waals surface area (Å²) < 4.78 is 0. The Kier molecular flexibility index (Phi) is 4.08. The second-order valence-electron chi connectivity index (χ2n) is 5.94. The molecule has 3 heteroatoms. The first kappa shape index (κ1) is 12.9. The zero-order valence-electron chi connectivity index (χ0n) is 11.2. The fraction of sp³-hybridized carbons (Fsp3) is 0.929. The zero-order chi connectivity index (χ0) is 12.4. The van der Waals surface area contributed by atoms with E-state index in [4.69, 9.17) is 5.73 Å². The third kappa shape index (κ3) is 2.65. The van der Waals surface area contributed by atoms with Crippen LogP contribution in [0.3, 0.4) is 0 Å². The van der Waals surface area contributed by atoms with Crippen LogP contribution in [0.25, 0.3) is 0 Å². The molecule has 1 aliphatic heterocycles. The van der Waals surface area contributed by atoms with Crippen LogP contribution in [-0.4, -0.2) is 29.4 Å². The summed E-state index contributed by atoms with van der Waals surface area (Å²) in [5, 5.41) is 0. The van der Waals surface area contributed by atoms with Gasteiger partial charge in [-0.05, 0) is 44.9 Å². The van der Waals surface area contributed by atoms with E-state index in [-0.39, 0.29) is 12.0 Å². The molecular formula is C14H26N2O. The van der Waals surface area contributed by atoms with Gasteiger partial charge in [-0.15, -0.1) is 0 Å². The van der Waals surface area contributed by atoms with Crippen LogP contribution < -0.4 is 5.73 Å². The fourth-order valence-electron chi connectivity index (χ4n) is 3.38.